The van der Waals surface area contributed by atoms with E-state index in [4.69, 9.17) is 5.73 Å². The van der Waals surface area contributed by atoms with Crippen molar-refractivity contribution in [1.82, 2.24) is 0 Å². The van der Waals surface area contributed by atoms with Gasteiger partial charge in [0, 0.05) is 5.75 Å². The molecular formula is C10H16N2S. The van der Waals surface area contributed by atoms with Gasteiger partial charge in [0.15, 0.2) is 5.17 Å². The largest absolute Gasteiger partial charge is 0.379 e. The smallest absolute Gasteiger partial charge is 0.154 e. The van der Waals surface area contributed by atoms with Crippen LogP contribution in [-0.2, 0) is 0 Å². The number of hydrogen-bond donors (Lipinski definition) is 1. The SMILES string of the molecule is C=CCSC(N)=NC1CC=CCC1. The Morgan fingerprint density at radius 1 is 1.69 bits per heavy atom. The Labute approximate surface area is 84.0 Å². The van der Waals surface area contributed by atoms with Gasteiger partial charge in [0.1, 0.15) is 0 Å². The van der Waals surface area contributed by atoms with Crippen LogP contribution < -0.4 is 5.73 Å². The summed E-state index contributed by atoms with van der Waals surface area (Å²) in [5.41, 5.74) is 5.73. The third kappa shape index (κ3) is 4.18. The standard InChI is InChI=1S/C10H16N2S/c1-2-8-13-10(11)12-9-6-4-3-5-7-9/h2-4,9H,1,5-8H2,(H2,11,12). The molecule has 0 aliphatic heterocycles. The molecule has 1 aliphatic carbocycles. The summed E-state index contributed by atoms with van der Waals surface area (Å²) in [6.45, 7) is 3.64. The summed E-state index contributed by atoms with van der Waals surface area (Å²) < 4.78 is 0. The number of aliphatic imine (C=N–C) groups is 1. The van der Waals surface area contributed by atoms with E-state index in [2.05, 4.69) is 23.7 Å². The molecule has 0 aromatic carbocycles. The lowest BCUT2D eigenvalue weighted by Gasteiger charge is -2.13. The number of amidine groups is 1. The van der Waals surface area contributed by atoms with Crippen molar-refractivity contribution < 1.29 is 0 Å². The quantitative estimate of drug-likeness (QED) is 0.427. The van der Waals surface area contributed by atoms with E-state index < -0.39 is 0 Å². The summed E-state index contributed by atoms with van der Waals surface area (Å²) in [5.74, 6) is 0.845. The Morgan fingerprint density at radius 3 is 3.15 bits per heavy atom. The van der Waals surface area contributed by atoms with Crippen LogP contribution in [0.3, 0.4) is 0 Å². The molecule has 1 atom stereocenters. The Hall–Kier alpha value is -0.700. The van der Waals surface area contributed by atoms with Crippen molar-refractivity contribution >= 4 is 16.9 Å². The lowest BCUT2D eigenvalue weighted by atomic mass is 10.0. The first-order valence-electron chi connectivity index (χ1n) is 4.55. The molecule has 0 heterocycles. The summed E-state index contributed by atoms with van der Waals surface area (Å²) in [6, 6.07) is 0.405. The van der Waals surface area contributed by atoms with Crippen molar-refractivity contribution in [3.8, 4) is 0 Å². The van der Waals surface area contributed by atoms with Gasteiger partial charge in [-0.3, -0.25) is 4.99 Å². The van der Waals surface area contributed by atoms with Crippen LogP contribution in [-0.4, -0.2) is 17.0 Å². The molecule has 0 radical (unpaired) electrons. The summed E-state index contributed by atoms with van der Waals surface area (Å²) in [4.78, 5) is 4.43. The van der Waals surface area contributed by atoms with Crippen molar-refractivity contribution in [2.45, 2.75) is 25.3 Å². The molecule has 72 valence electrons. The Morgan fingerprint density at radius 2 is 2.54 bits per heavy atom. The average molecular weight is 196 g/mol. The molecule has 2 N–H and O–H groups in total. The van der Waals surface area contributed by atoms with Gasteiger partial charge in [-0.1, -0.05) is 30.0 Å². The number of thioether (sulfide) groups is 1. The van der Waals surface area contributed by atoms with Crippen molar-refractivity contribution in [3.05, 3.63) is 24.8 Å². The molecule has 3 heteroatoms. The van der Waals surface area contributed by atoms with E-state index in [0.717, 1.165) is 25.0 Å². The van der Waals surface area contributed by atoms with Crippen LogP contribution in [0.1, 0.15) is 19.3 Å². The maximum Gasteiger partial charge on any atom is 0.154 e. The van der Waals surface area contributed by atoms with E-state index >= 15 is 0 Å². The van der Waals surface area contributed by atoms with E-state index in [1.807, 2.05) is 6.08 Å². The number of nitrogens with zero attached hydrogens (tertiary/aromatic N) is 1. The second kappa shape index (κ2) is 5.86. The van der Waals surface area contributed by atoms with E-state index in [9.17, 15) is 0 Å². The fourth-order valence-corrected chi connectivity index (χ4v) is 1.77. The van der Waals surface area contributed by atoms with Gasteiger partial charge in [-0.25, -0.2) is 0 Å². The van der Waals surface area contributed by atoms with Gasteiger partial charge in [-0.15, -0.1) is 6.58 Å². The van der Waals surface area contributed by atoms with Crippen LogP contribution in [0.5, 0.6) is 0 Å². The van der Waals surface area contributed by atoms with Crippen LogP contribution in [0, 0.1) is 0 Å². The van der Waals surface area contributed by atoms with Crippen LogP contribution in [0.15, 0.2) is 29.8 Å². The molecular weight excluding hydrogens is 180 g/mol. The van der Waals surface area contributed by atoms with E-state index in [0.29, 0.717) is 11.2 Å². The zero-order valence-corrected chi connectivity index (χ0v) is 8.59. The molecule has 0 bridgehead atoms. The monoisotopic (exact) mass is 196 g/mol. The summed E-state index contributed by atoms with van der Waals surface area (Å²) in [5, 5.41) is 0.695. The van der Waals surface area contributed by atoms with Crippen molar-refractivity contribution in [2.24, 2.45) is 10.7 Å². The van der Waals surface area contributed by atoms with Crippen molar-refractivity contribution in [1.29, 1.82) is 0 Å². The molecule has 0 fully saturated rings. The van der Waals surface area contributed by atoms with Gasteiger partial charge in [0.05, 0.1) is 6.04 Å². The molecule has 1 rings (SSSR count). The van der Waals surface area contributed by atoms with E-state index in [1.54, 1.807) is 11.8 Å². The van der Waals surface area contributed by atoms with Crippen molar-refractivity contribution in [2.75, 3.05) is 5.75 Å². The summed E-state index contributed by atoms with van der Waals surface area (Å²) in [6.07, 6.45) is 9.53. The zero-order chi connectivity index (χ0) is 9.52. The second-order valence-electron chi connectivity index (χ2n) is 3.01. The van der Waals surface area contributed by atoms with Crippen LogP contribution in [0.25, 0.3) is 0 Å². The lowest BCUT2D eigenvalue weighted by molar-refractivity contribution is 0.610. The Balaban J connectivity index is 2.34. The third-order valence-electron chi connectivity index (χ3n) is 1.90. The van der Waals surface area contributed by atoms with Crippen LogP contribution in [0.4, 0.5) is 0 Å². The van der Waals surface area contributed by atoms with Gasteiger partial charge in [0.2, 0.25) is 0 Å². The number of rotatable bonds is 3. The minimum atomic E-state index is 0.405. The fraction of sp³-hybridized carbons (Fsp3) is 0.500. The molecule has 1 unspecified atom stereocenters. The highest BCUT2D eigenvalue weighted by Crippen LogP contribution is 2.15. The maximum atomic E-state index is 5.73. The average Bonchev–Trinajstić information content (AvgIpc) is 2.16. The number of nitrogens with two attached hydrogens (primary N) is 1. The van der Waals surface area contributed by atoms with Crippen LogP contribution >= 0.6 is 11.8 Å². The highest BCUT2D eigenvalue weighted by atomic mass is 32.2. The highest BCUT2D eigenvalue weighted by molar-refractivity contribution is 8.13. The Kier molecular flexibility index (Phi) is 4.68. The minimum absolute atomic E-state index is 0.405. The summed E-state index contributed by atoms with van der Waals surface area (Å²) >= 11 is 1.56. The lowest BCUT2D eigenvalue weighted by Crippen LogP contribution is -2.14. The number of hydrogen-bond acceptors (Lipinski definition) is 2. The van der Waals surface area contributed by atoms with Crippen LogP contribution in [0.2, 0.25) is 0 Å². The van der Waals surface area contributed by atoms with Gasteiger partial charge in [-0.05, 0) is 19.3 Å². The Bertz CT molecular complexity index is 221. The maximum absolute atomic E-state index is 5.73. The minimum Gasteiger partial charge on any atom is -0.379 e. The second-order valence-corrected chi connectivity index (χ2v) is 4.05. The fourth-order valence-electron chi connectivity index (χ4n) is 1.26. The predicted octanol–water partition coefficient (Wildman–Crippen LogP) is 2.33. The normalized spacial score (nSPS) is 23.1. The van der Waals surface area contributed by atoms with Gasteiger partial charge in [0.25, 0.3) is 0 Å². The molecule has 13 heavy (non-hydrogen) atoms. The highest BCUT2D eigenvalue weighted by Gasteiger charge is 2.08. The molecule has 0 amide bonds. The first kappa shape index (κ1) is 10.4. The topological polar surface area (TPSA) is 38.4 Å². The van der Waals surface area contributed by atoms with Crippen molar-refractivity contribution in [3.63, 3.8) is 0 Å². The van der Waals surface area contributed by atoms with Gasteiger partial charge >= 0.3 is 0 Å². The van der Waals surface area contributed by atoms with Gasteiger partial charge in [-0.2, -0.15) is 0 Å². The van der Waals surface area contributed by atoms with E-state index in [1.165, 1.54) is 0 Å². The molecule has 0 saturated heterocycles. The molecule has 0 saturated carbocycles. The molecule has 0 aromatic rings. The predicted molar refractivity (Wildman–Crippen MR) is 61.1 cm³/mol. The first-order chi connectivity index (χ1) is 6.33. The molecule has 0 aromatic heterocycles. The molecule has 1 aliphatic rings. The first-order valence-corrected chi connectivity index (χ1v) is 5.53. The third-order valence-corrected chi connectivity index (χ3v) is 2.70. The zero-order valence-electron chi connectivity index (χ0n) is 7.78. The summed E-state index contributed by atoms with van der Waals surface area (Å²) in [7, 11) is 0. The number of allylic oxidation sites excluding steroid dienone is 1. The van der Waals surface area contributed by atoms with Gasteiger partial charge < -0.3 is 5.73 Å². The molecule has 0 spiro atoms. The molecule has 2 nitrogen and oxygen atoms in total. The van der Waals surface area contributed by atoms with E-state index in [-0.39, 0.29) is 0 Å².